The Bertz CT molecular complexity index is 403. The summed E-state index contributed by atoms with van der Waals surface area (Å²) >= 11 is 0. The minimum atomic E-state index is 0.467. The smallest absolute Gasteiger partial charge is 0.142 e. The second-order valence-corrected chi connectivity index (χ2v) is 4.72. The van der Waals surface area contributed by atoms with E-state index >= 15 is 0 Å². The van der Waals surface area contributed by atoms with Gasteiger partial charge >= 0.3 is 0 Å². The molecule has 1 aromatic rings. The van der Waals surface area contributed by atoms with Gasteiger partial charge in [-0.3, -0.25) is 0 Å². The quantitative estimate of drug-likeness (QED) is 0.882. The third-order valence-electron chi connectivity index (χ3n) is 3.33. The van der Waals surface area contributed by atoms with E-state index in [9.17, 15) is 0 Å². The van der Waals surface area contributed by atoms with Crippen LogP contribution < -0.4 is 5.32 Å². The lowest BCUT2D eigenvalue weighted by Gasteiger charge is -2.20. The van der Waals surface area contributed by atoms with Crippen LogP contribution in [0.3, 0.4) is 0 Å². The van der Waals surface area contributed by atoms with Gasteiger partial charge in [0, 0.05) is 25.0 Å². The maximum atomic E-state index is 8.77. The summed E-state index contributed by atoms with van der Waals surface area (Å²) in [6.45, 7) is 4.45. The fourth-order valence-corrected chi connectivity index (χ4v) is 2.32. The molecule has 1 saturated heterocycles. The van der Waals surface area contributed by atoms with Gasteiger partial charge in [-0.25, -0.2) is 4.98 Å². The first kappa shape index (κ1) is 12.8. The molecule has 4 nitrogen and oxygen atoms in total. The Morgan fingerprint density at radius 3 is 2.78 bits per heavy atom. The Hall–Kier alpha value is -1.60. The summed E-state index contributed by atoms with van der Waals surface area (Å²) in [5.41, 5.74) is 1.45. The van der Waals surface area contributed by atoms with E-state index in [1.54, 1.807) is 12.3 Å². The number of hydrogen-bond donors (Lipinski definition) is 1. The van der Waals surface area contributed by atoms with E-state index in [-0.39, 0.29) is 0 Å². The van der Waals surface area contributed by atoms with Gasteiger partial charge in [0.2, 0.25) is 0 Å². The van der Waals surface area contributed by atoms with Crippen LogP contribution in [0.1, 0.15) is 31.4 Å². The van der Waals surface area contributed by atoms with Crippen molar-refractivity contribution in [1.82, 2.24) is 9.88 Å². The third kappa shape index (κ3) is 4.01. The normalized spacial score (nSPS) is 16.8. The van der Waals surface area contributed by atoms with Crippen LogP contribution >= 0.6 is 0 Å². The van der Waals surface area contributed by atoms with Gasteiger partial charge in [-0.15, -0.1) is 0 Å². The maximum Gasteiger partial charge on any atom is 0.142 e. The van der Waals surface area contributed by atoms with E-state index in [0.717, 1.165) is 18.8 Å². The maximum absolute atomic E-state index is 8.77. The van der Waals surface area contributed by atoms with Crippen LogP contribution in [0.2, 0.25) is 0 Å². The van der Waals surface area contributed by atoms with Crippen LogP contribution in [0.5, 0.6) is 0 Å². The summed E-state index contributed by atoms with van der Waals surface area (Å²) in [6, 6.07) is 5.75. The van der Waals surface area contributed by atoms with Crippen molar-refractivity contribution >= 4 is 5.69 Å². The van der Waals surface area contributed by atoms with Crippen molar-refractivity contribution in [3.63, 3.8) is 0 Å². The molecule has 0 aliphatic carbocycles. The molecule has 2 heterocycles. The van der Waals surface area contributed by atoms with E-state index in [4.69, 9.17) is 5.26 Å². The molecule has 2 rings (SSSR count). The van der Waals surface area contributed by atoms with Crippen LogP contribution in [0.4, 0.5) is 5.69 Å². The molecule has 0 amide bonds. The van der Waals surface area contributed by atoms with Gasteiger partial charge in [0.05, 0.1) is 0 Å². The Morgan fingerprint density at radius 2 is 2.06 bits per heavy atom. The zero-order valence-corrected chi connectivity index (χ0v) is 10.7. The lowest BCUT2D eigenvalue weighted by atomic mass is 10.2. The van der Waals surface area contributed by atoms with Crippen molar-refractivity contribution in [2.24, 2.45) is 0 Å². The van der Waals surface area contributed by atoms with Crippen molar-refractivity contribution < 1.29 is 0 Å². The van der Waals surface area contributed by atoms with Gasteiger partial charge in [-0.05, 0) is 38.1 Å². The highest BCUT2D eigenvalue weighted by Gasteiger charge is 2.07. The van der Waals surface area contributed by atoms with Crippen LogP contribution in [-0.4, -0.2) is 36.1 Å². The lowest BCUT2D eigenvalue weighted by Crippen LogP contribution is -2.29. The lowest BCUT2D eigenvalue weighted by molar-refractivity contribution is 0.296. The molecule has 96 valence electrons. The Kier molecular flexibility index (Phi) is 4.98. The Balaban J connectivity index is 1.75. The van der Waals surface area contributed by atoms with Crippen LogP contribution in [0.15, 0.2) is 18.3 Å². The molecule has 0 bridgehead atoms. The first-order chi connectivity index (χ1) is 8.88. The molecule has 0 spiro atoms. The molecular formula is C14H20N4. The van der Waals surface area contributed by atoms with Crippen molar-refractivity contribution in [3.05, 3.63) is 24.0 Å². The van der Waals surface area contributed by atoms with E-state index in [2.05, 4.69) is 21.3 Å². The number of aromatic nitrogens is 1. The number of hydrogen-bond acceptors (Lipinski definition) is 4. The number of anilines is 1. The van der Waals surface area contributed by atoms with Crippen molar-refractivity contribution in [2.75, 3.05) is 31.5 Å². The van der Waals surface area contributed by atoms with E-state index in [1.807, 2.05) is 6.07 Å². The average Bonchev–Trinajstić information content (AvgIpc) is 2.68. The Labute approximate surface area is 109 Å². The fourth-order valence-electron chi connectivity index (χ4n) is 2.32. The van der Waals surface area contributed by atoms with E-state index in [0.29, 0.717) is 5.69 Å². The number of rotatable bonds is 4. The zero-order valence-electron chi connectivity index (χ0n) is 10.7. The number of nitrogens with zero attached hydrogens (tertiary/aromatic N) is 3. The highest BCUT2D eigenvalue weighted by atomic mass is 15.1. The molecule has 1 aliphatic rings. The predicted molar refractivity (Wildman–Crippen MR) is 72.3 cm³/mol. The summed E-state index contributed by atoms with van der Waals surface area (Å²) < 4.78 is 0. The minimum absolute atomic E-state index is 0.467. The van der Waals surface area contributed by atoms with Crippen LogP contribution in [-0.2, 0) is 0 Å². The number of pyridine rings is 1. The second-order valence-electron chi connectivity index (χ2n) is 4.72. The average molecular weight is 244 g/mol. The van der Waals surface area contributed by atoms with Crippen molar-refractivity contribution in [2.45, 2.75) is 25.7 Å². The van der Waals surface area contributed by atoms with Gasteiger partial charge < -0.3 is 10.2 Å². The van der Waals surface area contributed by atoms with Gasteiger partial charge in [-0.1, -0.05) is 12.8 Å². The third-order valence-corrected chi connectivity index (χ3v) is 3.33. The van der Waals surface area contributed by atoms with Gasteiger partial charge in [0.15, 0.2) is 0 Å². The molecule has 1 aromatic heterocycles. The summed E-state index contributed by atoms with van der Waals surface area (Å²) in [7, 11) is 0. The SMILES string of the molecule is N#Cc1cc(NCCN2CCCCCC2)ccn1. The molecular weight excluding hydrogens is 224 g/mol. The largest absolute Gasteiger partial charge is 0.384 e. The molecule has 4 heteroatoms. The van der Waals surface area contributed by atoms with Crippen molar-refractivity contribution in [3.8, 4) is 6.07 Å². The molecule has 1 fully saturated rings. The minimum Gasteiger partial charge on any atom is -0.384 e. The zero-order chi connectivity index (χ0) is 12.6. The molecule has 0 radical (unpaired) electrons. The molecule has 0 aromatic carbocycles. The highest BCUT2D eigenvalue weighted by Crippen LogP contribution is 2.10. The van der Waals surface area contributed by atoms with Crippen LogP contribution in [0, 0.1) is 11.3 Å². The van der Waals surface area contributed by atoms with Gasteiger partial charge in [-0.2, -0.15) is 5.26 Å². The highest BCUT2D eigenvalue weighted by molar-refractivity contribution is 5.45. The predicted octanol–water partition coefficient (Wildman–Crippen LogP) is 2.24. The van der Waals surface area contributed by atoms with E-state index in [1.165, 1.54) is 38.8 Å². The number of likely N-dealkylation sites (tertiary alicyclic amines) is 1. The van der Waals surface area contributed by atoms with Crippen molar-refractivity contribution in [1.29, 1.82) is 5.26 Å². The summed E-state index contributed by atoms with van der Waals surface area (Å²) in [6.07, 6.45) is 7.08. The number of nitriles is 1. The van der Waals surface area contributed by atoms with Gasteiger partial charge in [0.25, 0.3) is 0 Å². The second kappa shape index (κ2) is 6.97. The first-order valence-electron chi connectivity index (χ1n) is 6.71. The number of nitrogens with one attached hydrogen (secondary N) is 1. The summed E-state index contributed by atoms with van der Waals surface area (Å²) in [5.74, 6) is 0. The standard InChI is InChI=1S/C14H20N4/c15-12-14-11-13(5-6-16-14)17-7-10-18-8-3-1-2-4-9-18/h5-6,11H,1-4,7-10H2,(H,16,17). The Morgan fingerprint density at radius 1 is 1.28 bits per heavy atom. The molecule has 18 heavy (non-hydrogen) atoms. The molecule has 0 unspecified atom stereocenters. The van der Waals surface area contributed by atoms with Gasteiger partial charge in [0.1, 0.15) is 11.8 Å². The summed E-state index contributed by atoms with van der Waals surface area (Å²) in [5, 5.41) is 12.1. The first-order valence-corrected chi connectivity index (χ1v) is 6.71. The molecule has 0 atom stereocenters. The fraction of sp³-hybridized carbons (Fsp3) is 0.571. The van der Waals surface area contributed by atoms with Crippen LogP contribution in [0.25, 0.3) is 0 Å². The monoisotopic (exact) mass is 244 g/mol. The van der Waals surface area contributed by atoms with E-state index < -0.39 is 0 Å². The molecule has 1 N–H and O–H groups in total. The molecule has 0 saturated carbocycles. The molecule has 1 aliphatic heterocycles. The topological polar surface area (TPSA) is 52.0 Å². The summed E-state index contributed by atoms with van der Waals surface area (Å²) in [4.78, 5) is 6.48.